The molecule has 0 atom stereocenters. The van der Waals surface area contributed by atoms with Crippen LogP contribution in [-0.2, 0) is 0 Å². The van der Waals surface area contributed by atoms with E-state index in [0.717, 1.165) is 0 Å². The third-order valence-electron chi connectivity index (χ3n) is 1.36. The lowest BCUT2D eigenvalue weighted by Crippen LogP contribution is -2.32. The number of amides is 1. The molecule has 0 aromatic heterocycles. The first kappa shape index (κ1) is 9.14. The van der Waals surface area contributed by atoms with Gasteiger partial charge in [0.15, 0.2) is 5.03 Å². The first-order valence-corrected chi connectivity index (χ1v) is 3.35. The van der Waals surface area contributed by atoms with Crippen molar-refractivity contribution in [2.75, 3.05) is 0 Å². The van der Waals surface area contributed by atoms with E-state index in [1.165, 1.54) is 12.1 Å². The molecule has 0 heterocycles. The van der Waals surface area contributed by atoms with Gasteiger partial charge in [0.2, 0.25) is 0 Å². The van der Waals surface area contributed by atoms with E-state index in [0.29, 0.717) is 0 Å². The maximum atomic E-state index is 11.0. The summed E-state index contributed by atoms with van der Waals surface area (Å²) in [4.78, 5) is 21.0. The van der Waals surface area contributed by atoms with Crippen molar-refractivity contribution < 1.29 is 15.0 Å². The second kappa shape index (κ2) is 3.63. The van der Waals surface area contributed by atoms with Crippen LogP contribution >= 0.6 is 0 Å². The molecule has 1 aromatic carbocycles. The Labute approximate surface area is 73.1 Å². The van der Waals surface area contributed by atoms with Gasteiger partial charge < -0.3 is 0 Å². The largest absolute Gasteiger partial charge is 0.346 e. The molecule has 0 aliphatic carbocycles. The highest BCUT2D eigenvalue weighted by Crippen LogP contribution is 2.02. The number of rotatable bonds is 2. The summed E-state index contributed by atoms with van der Waals surface area (Å²) in [6.45, 7) is 0. The van der Waals surface area contributed by atoms with Crippen molar-refractivity contribution in [3.8, 4) is 0 Å². The lowest BCUT2D eigenvalue weighted by Gasteiger charge is -2.02. The standard InChI is InChI=1S/C7H6N2O4/c10-7(8(11)9(12)13)6-4-2-1-3-5-6/h1-5,11H. The zero-order valence-corrected chi connectivity index (χ0v) is 6.45. The first-order valence-electron chi connectivity index (χ1n) is 3.35. The van der Waals surface area contributed by atoms with E-state index in [4.69, 9.17) is 5.21 Å². The fourth-order valence-corrected chi connectivity index (χ4v) is 0.770. The van der Waals surface area contributed by atoms with E-state index in [1.54, 1.807) is 18.2 Å². The molecule has 1 aromatic rings. The highest BCUT2D eigenvalue weighted by atomic mass is 16.8. The molecule has 0 radical (unpaired) electrons. The van der Waals surface area contributed by atoms with E-state index in [-0.39, 0.29) is 5.56 Å². The van der Waals surface area contributed by atoms with E-state index in [1.807, 2.05) is 0 Å². The maximum Gasteiger partial charge on any atom is 0.346 e. The summed E-state index contributed by atoms with van der Waals surface area (Å²) in [5.74, 6) is -1.06. The minimum absolute atomic E-state index is 0.0571. The Morgan fingerprint density at radius 3 is 2.38 bits per heavy atom. The van der Waals surface area contributed by atoms with Crippen LogP contribution in [0.1, 0.15) is 10.4 Å². The number of hydrogen-bond donors (Lipinski definition) is 1. The summed E-state index contributed by atoms with van der Waals surface area (Å²) in [7, 11) is 0. The summed E-state index contributed by atoms with van der Waals surface area (Å²) in [5.41, 5.74) is 0.0571. The number of nitrogens with zero attached hydrogens (tertiary/aromatic N) is 2. The Bertz CT molecular complexity index is 325. The van der Waals surface area contributed by atoms with Gasteiger partial charge in [0.1, 0.15) is 0 Å². The summed E-state index contributed by atoms with van der Waals surface area (Å²) in [6, 6.07) is 7.48. The van der Waals surface area contributed by atoms with Crippen molar-refractivity contribution >= 4 is 5.91 Å². The van der Waals surface area contributed by atoms with Gasteiger partial charge in [-0.3, -0.25) is 4.79 Å². The smallest absolute Gasteiger partial charge is 0.260 e. The Balaban J connectivity index is 2.86. The lowest BCUT2D eigenvalue weighted by molar-refractivity contribution is -0.702. The topological polar surface area (TPSA) is 83.7 Å². The number of carbonyl (C=O) groups is 1. The van der Waals surface area contributed by atoms with Crippen molar-refractivity contribution in [2.45, 2.75) is 0 Å². The van der Waals surface area contributed by atoms with Gasteiger partial charge in [0.25, 0.3) is 0 Å². The van der Waals surface area contributed by atoms with Crippen LogP contribution in [0.2, 0.25) is 0 Å². The molecule has 6 nitrogen and oxygen atoms in total. The first-order chi connectivity index (χ1) is 6.13. The highest BCUT2D eigenvalue weighted by Gasteiger charge is 2.22. The SMILES string of the molecule is O=C(c1ccccc1)N(O)[N+](=O)[O-]. The Morgan fingerprint density at radius 2 is 1.92 bits per heavy atom. The molecular formula is C7H6N2O4. The van der Waals surface area contributed by atoms with Gasteiger partial charge in [0.05, 0.1) is 5.17 Å². The zero-order valence-electron chi connectivity index (χ0n) is 6.45. The number of benzene rings is 1. The summed E-state index contributed by atoms with van der Waals surface area (Å²) < 4.78 is 0. The number of hydrogen-bond acceptors (Lipinski definition) is 4. The molecule has 0 saturated heterocycles. The number of hydrazine groups is 1. The zero-order chi connectivity index (χ0) is 9.84. The molecule has 0 fully saturated rings. The van der Waals surface area contributed by atoms with E-state index in [2.05, 4.69) is 0 Å². The third kappa shape index (κ3) is 2.00. The van der Waals surface area contributed by atoms with Crippen LogP contribution in [0.25, 0.3) is 0 Å². The molecule has 1 rings (SSSR count). The van der Waals surface area contributed by atoms with Crippen LogP contribution in [0.5, 0.6) is 0 Å². The van der Waals surface area contributed by atoms with Crippen molar-refractivity contribution in [1.29, 1.82) is 0 Å². The fourth-order valence-electron chi connectivity index (χ4n) is 0.770. The van der Waals surface area contributed by atoms with Crippen molar-refractivity contribution in [3.63, 3.8) is 0 Å². The van der Waals surface area contributed by atoms with E-state index < -0.39 is 16.1 Å². The van der Waals surface area contributed by atoms with Gasteiger partial charge in [-0.25, -0.2) is 15.3 Å². The molecule has 13 heavy (non-hydrogen) atoms. The molecule has 0 aliphatic rings. The van der Waals surface area contributed by atoms with Gasteiger partial charge in [-0.15, -0.1) is 0 Å². The van der Waals surface area contributed by atoms with E-state index >= 15 is 0 Å². The van der Waals surface area contributed by atoms with Gasteiger partial charge >= 0.3 is 5.91 Å². The molecule has 6 heteroatoms. The normalized spacial score (nSPS) is 9.31. The lowest BCUT2D eigenvalue weighted by atomic mass is 10.2. The average molecular weight is 182 g/mol. The van der Waals surface area contributed by atoms with Crippen molar-refractivity contribution in [3.05, 3.63) is 46.0 Å². The number of hydroxylamine groups is 1. The molecule has 68 valence electrons. The van der Waals surface area contributed by atoms with Crippen LogP contribution in [0.15, 0.2) is 30.3 Å². The molecule has 0 saturated carbocycles. The molecule has 0 spiro atoms. The Kier molecular flexibility index (Phi) is 2.56. The van der Waals surface area contributed by atoms with Crippen LogP contribution in [0.4, 0.5) is 0 Å². The molecule has 1 N–H and O–H groups in total. The van der Waals surface area contributed by atoms with Gasteiger partial charge in [0, 0.05) is 5.56 Å². The minimum atomic E-state index is -1.20. The van der Waals surface area contributed by atoms with Crippen molar-refractivity contribution in [1.82, 2.24) is 5.17 Å². The molecule has 0 aliphatic heterocycles. The maximum absolute atomic E-state index is 11.0. The Hall–Kier alpha value is -1.95. The highest BCUT2D eigenvalue weighted by molar-refractivity contribution is 5.92. The van der Waals surface area contributed by atoms with Crippen LogP contribution in [-0.4, -0.2) is 21.3 Å². The number of nitro groups is 1. The molecule has 1 amide bonds. The van der Waals surface area contributed by atoms with Gasteiger partial charge in [-0.1, -0.05) is 18.2 Å². The van der Waals surface area contributed by atoms with Crippen LogP contribution in [0.3, 0.4) is 0 Å². The molecule has 0 unspecified atom stereocenters. The summed E-state index contributed by atoms with van der Waals surface area (Å²) in [6.07, 6.45) is 0. The second-order valence-corrected chi connectivity index (χ2v) is 2.20. The van der Waals surface area contributed by atoms with E-state index in [9.17, 15) is 14.9 Å². The third-order valence-corrected chi connectivity index (χ3v) is 1.36. The second-order valence-electron chi connectivity index (χ2n) is 2.20. The van der Waals surface area contributed by atoms with Gasteiger partial charge in [-0.05, 0) is 12.1 Å². The predicted octanol–water partition coefficient (Wildman–Crippen LogP) is 0.710. The minimum Gasteiger partial charge on any atom is -0.260 e. The average Bonchev–Trinajstić information content (AvgIpc) is 2.17. The van der Waals surface area contributed by atoms with Gasteiger partial charge in [-0.2, -0.15) is 0 Å². The molecular weight excluding hydrogens is 176 g/mol. The summed E-state index contributed by atoms with van der Waals surface area (Å²) in [5, 5.41) is 16.9. The Morgan fingerprint density at radius 1 is 1.38 bits per heavy atom. The van der Waals surface area contributed by atoms with Crippen LogP contribution < -0.4 is 0 Å². The van der Waals surface area contributed by atoms with Crippen molar-refractivity contribution in [2.24, 2.45) is 0 Å². The van der Waals surface area contributed by atoms with Crippen LogP contribution in [0, 0.1) is 10.1 Å². The molecule has 0 bridgehead atoms. The monoisotopic (exact) mass is 182 g/mol. The number of carbonyl (C=O) groups excluding carboxylic acids is 1. The summed E-state index contributed by atoms with van der Waals surface area (Å²) >= 11 is 0. The quantitative estimate of drug-likeness (QED) is 0.414. The predicted molar refractivity (Wildman–Crippen MR) is 41.4 cm³/mol. The fraction of sp³-hybridized carbons (Fsp3) is 0.